The van der Waals surface area contributed by atoms with Gasteiger partial charge in [0, 0.05) is 6.04 Å². The molecule has 1 saturated heterocycles. The molecule has 88 valence electrons. The molecule has 1 saturated carbocycles. The van der Waals surface area contributed by atoms with Gasteiger partial charge in [-0.25, -0.2) is 0 Å². The largest absolute Gasteiger partial charge is 0.300 e. The van der Waals surface area contributed by atoms with Crippen molar-refractivity contribution in [3.8, 4) is 0 Å². The number of piperidine rings is 1. The van der Waals surface area contributed by atoms with Gasteiger partial charge in [-0.3, -0.25) is 0 Å². The Morgan fingerprint density at radius 3 is 2.40 bits per heavy atom. The third-order valence-electron chi connectivity index (χ3n) is 4.75. The normalized spacial score (nSPS) is 39.2. The maximum Gasteiger partial charge on any atom is 0.00979 e. The van der Waals surface area contributed by atoms with Crippen molar-refractivity contribution < 1.29 is 0 Å². The van der Waals surface area contributed by atoms with Gasteiger partial charge in [0.2, 0.25) is 0 Å². The topological polar surface area (TPSA) is 3.24 Å². The lowest BCUT2D eigenvalue weighted by Gasteiger charge is -2.41. The Balaban J connectivity index is 1.84. The molecule has 0 spiro atoms. The molecule has 0 bridgehead atoms. The van der Waals surface area contributed by atoms with E-state index in [1.165, 1.54) is 58.0 Å². The fourth-order valence-electron chi connectivity index (χ4n) is 3.65. The number of hydrogen-bond donors (Lipinski definition) is 0. The van der Waals surface area contributed by atoms with Gasteiger partial charge in [0.15, 0.2) is 0 Å². The van der Waals surface area contributed by atoms with Crippen LogP contribution in [0.3, 0.4) is 0 Å². The summed E-state index contributed by atoms with van der Waals surface area (Å²) in [6, 6.07) is 0.933. The van der Waals surface area contributed by atoms with E-state index < -0.39 is 0 Å². The molecule has 2 aliphatic rings. The van der Waals surface area contributed by atoms with Crippen molar-refractivity contribution >= 4 is 0 Å². The van der Waals surface area contributed by atoms with E-state index in [1.54, 1.807) is 0 Å². The van der Waals surface area contributed by atoms with Gasteiger partial charge < -0.3 is 4.90 Å². The lowest BCUT2D eigenvalue weighted by Crippen LogP contribution is -2.43. The van der Waals surface area contributed by atoms with Gasteiger partial charge in [-0.15, -0.1) is 0 Å². The first-order valence-electron chi connectivity index (χ1n) is 7.05. The van der Waals surface area contributed by atoms with Gasteiger partial charge in [-0.1, -0.05) is 26.7 Å². The van der Waals surface area contributed by atoms with Crippen LogP contribution >= 0.6 is 0 Å². The first-order valence-corrected chi connectivity index (χ1v) is 7.05. The summed E-state index contributed by atoms with van der Waals surface area (Å²) >= 11 is 0. The summed E-state index contributed by atoms with van der Waals surface area (Å²) in [4.78, 5) is 2.78. The van der Waals surface area contributed by atoms with Crippen molar-refractivity contribution in [3.63, 3.8) is 0 Å². The van der Waals surface area contributed by atoms with Crippen LogP contribution in [-0.4, -0.2) is 24.0 Å². The van der Waals surface area contributed by atoms with E-state index in [1.807, 2.05) is 0 Å². The van der Waals surface area contributed by atoms with Crippen LogP contribution in [0.2, 0.25) is 0 Å². The highest BCUT2D eigenvalue weighted by atomic mass is 15.2. The highest BCUT2D eigenvalue weighted by molar-refractivity contribution is 4.84. The highest BCUT2D eigenvalue weighted by Crippen LogP contribution is 2.35. The molecule has 3 atom stereocenters. The van der Waals surface area contributed by atoms with Crippen molar-refractivity contribution in [2.45, 2.75) is 64.8 Å². The Morgan fingerprint density at radius 2 is 1.80 bits per heavy atom. The third-order valence-corrected chi connectivity index (χ3v) is 4.75. The van der Waals surface area contributed by atoms with Crippen LogP contribution in [0, 0.1) is 11.8 Å². The van der Waals surface area contributed by atoms with E-state index in [-0.39, 0.29) is 0 Å². The summed E-state index contributed by atoms with van der Waals surface area (Å²) in [6.07, 6.45) is 10.2. The van der Waals surface area contributed by atoms with E-state index >= 15 is 0 Å². The summed E-state index contributed by atoms with van der Waals surface area (Å²) in [6.45, 7) is 7.61. The van der Waals surface area contributed by atoms with Crippen molar-refractivity contribution in [2.24, 2.45) is 11.8 Å². The molecule has 1 nitrogen and oxygen atoms in total. The van der Waals surface area contributed by atoms with Gasteiger partial charge in [0.1, 0.15) is 0 Å². The summed E-state index contributed by atoms with van der Waals surface area (Å²) in [5.41, 5.74) is 0. The van der Waals surface area contributed by atoms with Crippen LogP contribution in [0.25, 0.3) is 0 Å². The minimum Gasteiger partial charge on any atom is -0.300 e. The van der Waals surface area contributed by atoms with Crippen LogP contribution in [0.15, 0.2) is 0 Å². The predicted molar refractivity (Wildman–Crippen MR) is 66.0 cm³/mol. The van der Waals surface area contributed by atoms with Gasteiger partial charge in [0.25, 0.3) is 0 Å². The number of likely N-dealkylation sites (tertiary alicyclic amines) is 1. The Morgan fingerprint density at radius 1 is 1.07 bits per heavy atom. The van der Waals surface area contributed by atoms with Crippen molar-refractivity contribution in [1.82, 2.24) is 4.90 Å². The van der Waals surface area contributed by atoms with Gasteiger partial charge in [-0.2, -0.15) is 0 Å². The summed E-state index contributed by atoms with van der Waals surface area (Å²) < 4.78 is 0. The molecule has 0 aromatic heterocycles. The smallest absolute Gasteiger partial charge is 0.00979 e. The minimum atomic E-state index is 0.933. The average Bonchev–Trinajstić information content (AvgIpc) is 2.30. The first-order chi connectivity index (χ1) is 7.31. The zero-order valence-electron chi connectivity index (χ0n) is 10.5. The maximum atomic E-state index is 2.78. The molecule has 1 heteroatoms. The standard InChI is InChI=1S/C14H27N/c1-3-13-7-8-14(11-12(13)2)15-9-5-4-6-10-15/h12-14H,3-11H2,1-2H3/t12?,13-,14?/m1/s1. The molecule has 1 heterocycles. The third kappa shape index (κ3) is 2.75. The quantitative estimate of drug-likeness (QED) is 0.670. The number of hydrogen-bond acceptors (Lipinski definition) is 1. The molecule has 0 aromatic carbocycles. The van der Waals surface area contributed by atoms with Gasteiger partial charge in [0.05, 0.1) is 0 Å². The Bertz CT molecular complexity index is 184. The monoisotopic (exact) mass is 209 g/mol. The maximum absolute atomic E-state index is 2.78. The molecule has 2 rings (SSSR count). The van der Waals surface area contributed by atoms with Crippen LogP contribution in [0.4, 0.5) is 0 Å². The molecule has 0 radical (unpaired) electrons. The molecule has 1 aliphatic heterocycles. The lowest BCUT2D eigenvalue weighted by atomic mass is 9.76. The van der Waals surface area contributed by atoms with Gasteiger partial charge in [-0.05, 0) is 57.0 Å². The molecule has 15 heavy (non-hydrogen) atoms. The summed E-state index contributed by atoms with van der Waals surface area (Å²) in [5, 5.41) is 0. The van der Waals surface area contributed by atoms with E-state index in [0.29, 0.717) is 0 Å². The Hall–Kier alpha value is -0.0400. The van der Waals surface area contributed by atoms with Crippen LogP contribution in [-0.2, 0) is 0 Å². The molecule has 0 N–H and O–H groups in total. The zero-order chi connectivity index (χ0) is 10.7. The summed E-state index contributed by atoms with van der Waals surface area (Å²) in [5.74, 6) is 1.99. The molecular formula is C14H27N. The molecular weight excluding hydrogens is 182 g/mol. The molecule has 2 unspecified atom stereocenters. The van der Waals surface area contributed by atoms with Crippen LogP contribution in [0.5, 0.6) is 0 Å². The number of rotatable bonds is 2. The van der Waals surface area contributed by atoms with Crippen molar-refractivity contribution in [1.29, 1.82) is 0 Å². The molecule has 0 aromatic rings. The predicted octanol–water partition coefficient (Wildman–Crippen LogP) is 3.69. The van der Waals surface area contributed by atoms with Crippen molar-refractivity contribution in [3.05, 3.63) is 0 Å². The van der Waals surface area contributed by atoms with E-state index in [4.69, 9.17) is 0 Å². The van der Waals surface area contributed by atoms with Gasteiger partial charge >= 0.3 is 0 Å². The highest BCUT2D eigenvalue weighted by Gasteiger charge is 2.30. The SMILES string of the molecule is CC[C@@H]1CCC(N2CCCCC2)CC1C. The second-order valence-corrected chi connectivity index (χ2v) is 5.71. The lowest BCUT2D eigenvalue weighted by molar-refractivity contribution is 0.0860. The second kappa shape index (κ2) is 5.34. The fraction of sp³-hybridized carbons (Fsp3) is 1.00. The van der Waals surface area contributed by atoms with E-state index in [9.17, 15) is 0 Å². The average molecular weight is 209 g/mol. The second-order valence-electron chi connectivity index (χ2n) is 5.71. The molecule has 1 aliphatic carbocycles. The molecule has 0 amide bonds. The Labute approximate surface area is 95.2 Å². The van der Waals surface area contributed by atoms with Crippen LogP contribution in [0.1, 0.15) is 58.8 Å². The fourth-order valence-corrected chi connectivity index (χ4v) is 3.65. The summed E-state index contributed by atoms with van der Waals surface area (Å²) in [7, 11) is 0. The van der Waals surface area contributed by atoms with E-state index in [0.717, 1.165) is 17.9 Å². The van der Waals surface area contributed by atoms with Crippen LogP contribution < -0.4 is 0 Å². The minimum absolute atomic E-state index is 0.933. The zero-order valence-corrected chi connectivity index (χ0v) is 10.5. The molecule has 2 fully saturated rings. The Kier molecular flexibility index (Phi) is 4.07. The number of nitrogens with zero attached hydrogens (tertiary/aromatic N) is 1. The van der Waals surface area contributed by atoms with Crippen molar-refractivity contribution in [2.75, 3.05) is 13.1 Å². The first kappa shape index (κ1) is 11.4. The van der Waals surface area contributed by atoms with E-state index in [2.05, 4.69) is 18.7 Å².